The zero-order valence-corrected chi connectivity index (χ0v) is 21.2. The van der Waals surface area contributed by atoms with Gasteiger partial charge in [-0.2, -0.15) is 0 Å². The monoisotopic (exact) mass is 477 g/mol. The minimum Gasteiger partial charge on any atom is -0.465 e. The van der Waals surface area contributed by atoms with Crippen molar-refractivity contribution in [2.45, 2.75) is 22.8 Å². The number of nitrogens with zero attached hydrogens (tertiary/aromatic N) is 4. The molecule has 1 aliphatic rings. The van der Waals surface area contributed by atoms with Crippen LogP contribution in [0.5, 0.6) is 0 Å². The number of rotatable bonds is 6. The molecule has 0 fully saturated rings. The molecule has 0 bridgehead atoms. The SMILES string of the molecule is CC(NC(=O)O)c1cccc(N(C)N2c3ccc(N(C)C)cc3Sc3cc(N(C)C)ccc32)c1. The minimum absolute atomic E-state index is 0.312. The van der Waals surface area contributed by atoms with E-state index in [-0.39, 0.29) is 6.04 Å². The summed E-state index contributed by atoms with van der Waals surface area (Å²) in [7, 11) is 10.2. The van der Waals surface area contributed by atoms with Crippen molar-refractivity contribution in [3.05, 3.63) is 66.2 Å². The second-order valence-electron chi connectivity index (χ2n) is 8.80. The van der Waals surface area contributed by atoms with E-state index < -0.39 is 6.09 Å². The van der Waals surface area contributed by atoms with E-state index in [0.29, 0.717) is 0 Å². The summed E-state index contributed by atoms with van der Waals surface area (Å²) in [6.45, 7) is 1.85. The molecule has 0 spiro atoms. The molecule has 3 aromatic rings. The maximum atomic E-state index is 11.1. The van der Waals surface area contributed by atoms with Gasteiger partial charge >= 0.3 is 6.09 Å². The smallest absolute Gasteiger partial charge is 0.405 e. The topological polar surface area (TPSA) is 62.3 Å². The minimum atomic E-state index is -1.03. The van der Waals surface area contributed by atoms with Gasteiger partial charge in [0, 0.05) is 56.4 Å². The second-order valence-corrected chi connectivity index (χ2v) is 9.88. The largest absolute Gasteiger partial charge is 0.465 e. The van der Waals surface area contributed by atoms with Crippen LogP contribution >= 0.6 is 11.8 Å². The molecule has 0 aromatic heterocycles. The van der Waals surface area contributed by atoms with Crippen LogP contribution in [0.1, 0.15) is 18.5 Å². The lowest BCUT2D eigenvalue weighted by molar-refractivity contribution is 0.191. The number of benzene rings is 3. The van der Waals surface area contributed by atoms with Gasteiger partial charge in [0.1, 0.15) is 0 Å². The van der Waals surface area contributed by atoms with Crippen LogP contribution in [0.2, 0.25) is 0 Å². The van der Waals surface area contributed by atoms with Crippen LogP contribution in [-0.4, -0.2) is 46.4 Å². The number of nitrogens with one attached hydrogen (secondary N) is 1. The first-order valence-corrected chi connectivity index (χ1v) is 11.9. The molecule has 2 N–H and O–H groups in total. The maximum absolute atomic E-state index is 11.1. The molecule has 34 heavy (non-hydrogen) atoms. The third kappa shape index (κ3) is 4.59. The molecule has 7 nitrogen and oxygen atoms in total. The molecule has 3 aromatic carbocycles. The number of hydrazine groups is 1. The fraction of sp³-hybridized carbons (Fsp3) is 0.269. The van der Waals surface area contributed by atoms with Crippen LogP contribution in [0.25, 0.3) is 0 Å². The van der Waals surface area contributed by atoms with Crippen molar-refractivity contribution >= 4 is 46.3 Å². The van der Waals surface area contributed by atoms with Gasteiger partial charge in [0.25, 0.3) is 0 Å². The first kappa shape index (κ1) is 23.6. The van der Waals surface area contributed by atoms with Crippen LogP contribution < -0.4 is 25.1 Å². The predicted molar refractivity (Wildman–Crippen MR) is 142 cm³/mol. The Hall–Kier alpha value is -3.52. The summed E-state index contributed by atoms with van der Waals surface area (Å²) in [5, 5.41) is 16.0. The van der Waals surface area contributed by atoms with Crippen LogP contribution in [0.15, 0.2) is 70.5 Å². The highest BCUT2D eigenvalue weighted by Gasteiger charge is 2.28. The molecule has 1 atom stereocenters. The number of carbonyl (C=O) groups is 1. The Bertz CT molecular complexity index is 1160. The van der Waals surface area contributed by atoms with Crippen LogP contribution in [0.3, 0.4) is 0 Å². The third-order valence-corrected chi connectivity index (χ3v) is 7.07. The van der Waals surface area contributed by atoms with Crippen molar-refractivity contribution in [1.82, 2.24) is 5.32 Å². The Kier molecular flexibility index (Phi) is 6.52. The summed E-state index contributed by atoms with van der Waals surface area (Å²) in [6, 6.07) is 20.7. The summed E-state index contributed by atoms with van der Waals surface area (Å²) in [5.41, 5.74) is 6.38. The molecule has 0 saturated heterocycles. The Morgan fingerprint density at radius 1 is 0.853 bits per heavy atom. The summed E-state index contributed by atoms with van der Waals surface area (Å²) >= 11 is 1.78. The van der Waals surface area contributed by atoms with E-state index in [1.807, 2.05) is 38.2 Å². The van der Waals surface area contributed by atoms with E-state index in [1.54, 1.807) is 11.8 Å². The lowest BCUT2D eigenvalue weighted by Crippen LogP contribution is -2.38. The molecule has 0 aliphatic carbocycles. The van der Waals surface area contributed by atoms with Gasteiger partial charge in [-0.3, -0.25) is 10.0 Å². The number of carboxylic acid groups (broad SMARTS) is 1. The summed E-state index contributed by atoms with van der Waals surface area (Å²) in [6.07, 6.45) is -1.03. The standard InChI is InChI=1S/C26H31N5O2S/c1-17(27-26(32)33)18-8-7-9-21(14-18)30(6)31-22-12-10-19(28(2)3)15-24(22)34-25-16-20(29(4)5)11-13-23(25)31/h7-17,27H,1-6H3,(H,32,33). The van der Waals surface area contributed by atoms with Crippen molar-refractivity contribution < 1.29 is 9.90 Å². The molecule has 1 heterocycles. The zero-order chi connectivity index (χ0) is 24.6. The van der Waals surface area contributed by atoms with E-state index >= 15 is 0 Å². The fourth-order valence-corrected chi connectivity index (χ4v) is 5.14. The van der Waals surface area contributed by atoms with Gasteiger partial charge in [0.15, 0.2) is 0 Å². The summed E-state index contributed by atoms with van der Waals surface area (Å²) in [5.74, 6) is 0. The Morgan fingerprint density at radius 3 is 1.91 bits per heavy atom. The zero-order valence-electron chi connectivity index (χ0n) is 20.4. The quantitative estimate of drug-likeness (QED) is 0.465. The molecule has 1 unspecified atom stereocenters. The van der Waals surface area contributed by atoms with Crippen molar-refractivity contribution in [2.75, 3.05) is 55.1 Å². The molecule has 1 aliphatic heterocycles. The van der Waals surface area contributed by atoms with Gasteiger partial charge in [-0.1, -0.05) is 23.9 Å². The van der Waals surface area contributed by atoms with Gasteiger partial charge in [0.05, 0.1) is 23.1 Å². The number of hydrogen-bond acceptors (Lipinski definition) is 6. The van der Waals surface area contributed by atoms with E-state index in [9.17, 15) is 4.79 Å². The number of fused-ring (bicyclic) bond motifs is 2. The van der Waals surface area contributed by atoms with Gasteiger partial charge in [-0.25, -0.2) is 4.79 Å². The maximum Gasteiger partial charge on any atom is 0.405 e. The Morgan fingerprint density at radius 2 is 1.41 bits per heavy atom. The predicted octanol–water partition coefficient (Wildman–Crippen LogP) is 5.80. The van der Waals surface area contributed by atoms with E-state index in [2.05, 4.69) is 89.7 Å². The van der Waals surface area contributed by atoms with E-state index in [0.717, 1.165) is 34.0 Å². The molecule has 0 saturated carbocycles. The van der Waals surface area contributed by atoms with Crippen molar-refractivity contribution in [1.29, 1.82) is 0 Å². The second kappa shape index (κ2) is 9.38. The van der Waals surface area contributed by atoms with Crippen molar-refractivity contribution in [3.63, 3.8) is 0 Å². The Balaban J connectivity index is 1.80. The molecule has 4 rings (SSSR count). The molecule has 178 valence electrons. The van der Waals surface area contributed by atoms with Gasteiger partial charge in [-0.05, 0) is 61.0 Å². The molecule has 1 amide bonds. The average Bonchev–Trinajstić information content (AvgIpc) is 2.80. The number of hydrogen-bond donors (Lipinski definition) is 2. The van der Waals surface area contributed by atoms with Crippen molar-refractivity contribution in [2.24, 2.45) is 0 Å². The molecular weight excluding hydrogens is 446 g/mol. The highest BCUT2D eigenvalue weighted by atomic mass is 32.2. The third-order valence-electron chi connectivity index (χ3n) is 5.98. The fourth-order valence-electron chi connectivity index (χ4n) is 4.03. The van der Waals surface area contributed by atoms with Crippen molar-refractivity contribution in [3.8, 4) is 0 Å². The van der Waals surface area contributed by atoms with Crippen LogP contribution in [-0.2, 0) is 0 Å². The van der Waals surface area contributed by atoms with Gasteiger partial charge in [0.2, 0.25) is 0 Å². The Labute approximate surface area is 205 Å². The first-order chi connectivity index (χ1) is 16.2. The lowest BCUT2D eigenvalue weighted by Gasteiger charge is -2.40. The average molecular weight is 478 g/mol. The highest BCUT2D eigenvalue weighted by Crippen LogP contribution is 2.51. The van der Waals surface area contributed by atoms with E-state index in [1.165, 1.54) is 9.79 Å². The molecule has 0 radical (unpaired) electrons. The van der Waals surface area contributed by atoms with Gasteiger partial charge < -0.3 is 20.2 Å². The summed E-state index contributed by atoms with van der Waals surface area (Å²) in [4.78, 5) is 17.7. The normalized spacial score (nSPS) is 12.9. The highest BCUT2D eigenvalue weighted by molar-refractivity contribution is 7.99. The first-order valence-electron chi connectivity index (χ1n) is 11.1. The molecule has 8 heteroatoms. The molecular formula is C26H31N5O2S. The summed E-state index contributed by atoms with van der Waals surface area (Å²) < 4.78 is 0. The number of anilines is 5. The van der Waals surface area contributed by atoms with E-state index in [4.69, 9.17) is 5.11 Å². The van der Waals surface area contributed by atoms with Crippen LogP contribution in [0.4, 0.5) is 33.2 Å². The lowest BCUT2D eigenvalue weighted by atomic mass is 10.1. The number of amides is 1. The van der Waals surface area contributed by atoms with Crippen LogP contribution in [0, 0.1) is 0 Å². The van der Waals surface area contributed by atoms with Gasteiger partial charge in [-0.15, -0.1) is 0 Å².